The van der Waals surface area contributed by atoms with Gasteiger partial charge in [0, 0.05) is 11.4 Å². The van der Waals surface area contributed by atoms with E-state index in [2.05, 4.69) is 5.16 Å². The minimum Gasteiger partial charge on any atom is -0.503 e. The maximum atomic E-state index is 12.0. The summed E-state index contributed by atoms with van der Waals surface area (Å²) in [6.07, 6.45) is 5.77. The second-order valence-corrected chi connectivity index (χ2v) is 6.55. The van der Waals surface area contributed by atoms with Gasteiger partial charge in [0.05, 0.1) is 26.2 Å². The highest BCUT2D eigenvalue weighted by Gasteiger charge is 2.16. The van der Waals surface area contributed by atoms with Crippen LogP contribution in [0.4, 0.5) is 0 Å². The molecule has 0 radical (unpaired) electrons. The molecule has 2 aromatic rings. The maximum Gasteiger partial charge on any atom is 0.341 e. The minimum absolute atomic E-state index is 0.358. The highest BCUT2D eigenvalue weighted by Crippen LogP contribution is 2.21. The van der Waals surface area contributed by atoms with Gasteiger partial charge in [0.1, 0.15) is 12.2 Å². The fourth-order valence-corrected chi connectivity index (χ4v) is 2.70. The van der Waals surface area contributed by atoms with Crippen molar-refractivity contribution in [2.24, 2.45) is 5.16 Å². The second-order valence-electron chi connectivity index (χ2n) is 6.12. The van der Waals surface area contributed by atoms with Gasteiger partial charge in [-0.05, 0) is 41.8 Å². The molecule has 0 aromatic heterocycles. The Hall–Kier alpha value is -3.05. The molecule has 0 amide bonds. The number of ether oxygens (including phenoxy) is 2. The first-order valence-corrected chi connectivity index (χ1v) is 9.42. The van der Waals surface area contributed by atoms with Gasteiger partial charge in [-0.3, -0.25) is 0 Å². The SMILES string of the molecule is CO/C=C(/C(=O)OC)c1ccccc1CCO/N=C(C)/C=C/c1ccc(Cl)cc1. The van der Waals surface area contributed by atoms with E-state index in [0.29, 0.717) is 23.6 Å². The van der Waals surface area contributed by atoms with Crippen LogP contribution in [0.15, 0.2) is 66.0 Å². The first kappa shape index (κ1) is 22.2. The zero-order valence-electron chi connectivity index (χ0n) is 16.7. The van der Waals surface area contributed by atoms with E-state index in [1.54, 1.807) is 0 Å². The number of allylic oxidation sites excluding steroid dienone is 1. The van der Waals surface area contributed by atoms with Crippen LogP contribution in [0.3, 0.4) is 0 Å². The van der Waals surface area contributed by atoms with E-state index >= 15 is 0 Å². The van der Waals surface area contributed by atoms with Gasteiger partial charge in [0.2, 0.25) is 0 Å². The first-order chi connectivity index (χ1) is 14.0. The molecule has 2 rings (SSSR count). The van der Waals surface area contributed by atoms with E-state index < -0.39 is 5.97 Å². The lowest BCUT2D eigenvalue weighted by Gasteiger charge is -2.11. The molecule has 0 aliphatic heterocycles. The summed E-state index contributed by atoms with van der Waals surface area (Å²) >= 11 is 5.88. The minimum atomic E-state index is -0.457. The molecule has 0 N–H and O–H groups in total. The van der Waals surface area contributed by atoms with Crippen LogP contribution < -0.4 is 0 Å². The number of benzene rings is 2. The van der Waals surface area contributed by atoms with E-state index in [0.717, 1.165) is 22.4 Å². The third-order valence-electron chi connectivity index (χ3n) is 4.01. The number of carbonyl (C=O) groups excluding carboxylic acids is 1. The number of hydrogen-bond acceptors (Lipinski definition) is 5. The van der Waals surface area contributed by atoms with Crippen molar-refractivity contribution in [1.29, 1.82) is 0 Å². The van der Waals surface area contributed by atoms with Gasteiger partial charge in [-0.1, -0.05) is 59.2 Å². The van der Waals surface area contributed by atoms with Crippen molar-refractivity contribution >= 4 is 34.9 Å². The van der Waals surface area contributed by atoms with Gasteiger partial charge in [-0.25, -0.2) is 4.79 Å². The first-order valence-electron chi connectivity index (χ1n) is 9.05. The number of oxime groups is 1. The van der Waals surface area contributed by atoms with Crippen LogP contribution >= 0.6 is 11.6 Å². The van der Waals surface area contributed by atoms with Gasteiger partial charge in [0.25, 0.3) is 0 Å². The highest BCUT2D eigenvalue weighted by atomic mass is 35.5. The lowest BCUT2D eigenvalue weighted by molar-refractivity contribution is -0.133. The Bertz CT molecular complexity index is 901. The Balaban J connectivity index is 1.98. The molecule has 0 saturated carbocycles. The summed E-state index contributed by atoms with van der Waals surface area (Å²) in [7, 11) is 2.83. The third kappa shape index (κ3) is 7.12. The molecule has 5 nitrogen and oxygen atoms in total. The Kier molecular flexibility index (Phi) is 8.99. The molecule has 152 valence electrons. The number of halogens is 1. The molecule has 2 aromatic carbocycles. The van der Waals surface area contributed by atoms with Gasteiger partial charge in [-0.15, -0.1) is 0 Å². The molecule has 0 bridgehead atoms. The standard InChI is InChI=1S/C23H24ClNO4/c1-17(8-9-18-10-12-20(24)13-11-18)25-29-15-14-19-6-4-5-7-21(19)22(16-27-2)23(26)28-3/h4-13,16H,14-15H2,1-3H3/b9-8+,22-16+,25-17+. The molecular weight excluding hydrogens is 390 g/mol. The Morgan fingerprint density at radius 2 is 1.83 bits per heavy atom. The van der Waals surface area contributed by atoms with Crippen LogP contribution in [0.5, 0.6) is 0 Å². The number of nitrogens with zero attached hydrogens (tertiary/aromatic N) is 1. The molecule has 6 heteroatoms. The smallest absolute Gasteiger partial charge is 0.341 e. The van der Waals surface area contributed by atoms with Crippen molar-refractivity contribution in [2.75, 3.05) is 20.8 Å². The number of rotatable bonds is 9. The van der Waals surface area contributed by atoms with E-state index in [4.69, 9.17) is 25.9 Å². The molecule has 0 unspecified atom stereocenters. The zero-order chi connectivity index (χ0) is 21.1. The van der Waals surface area contributed by atoms with Gasteiger partial charge >= 0.3 is 5.97 Å². The predicted octanol–water partition coefficient (Wildman–Crippen LogP) is 5.15. The van der Waals surface area contributed by atoms with Crippen LogP contribution in [0.25, 0.3) is 11.6 Å². The van der Waals surface area contributed by atoms with Crippen molar-refractivity contribution < 1.29 is 19.1 Å². The summed E-state index contributed by atoms with van der Waals surface area (Å²) in [5.41, 5.74) is 3.80. The zero-order valence-corrected chi connectivity index (χ0v) is 17.5. The summed E-state index contributed by atoms with van der Waals surface area (Å²) in [5.74, 6) is -0.457. The summed E-state index contributed by atoms with van der Waals surface area (Å²) < 4.78 is 9.88. The van der Waals surface area contributed by atoms with Gasteiger partial charge in [-0.2, -0.15) is 0 Å². The van der Waals surface area contributed by atoms with Crippen LogP contribution in [0.2, 0.25) is 5.02 Å². The monoisotopic (exact) mass is 413 g/mol. The molecular formula is C23H24ClNO4. The van der Waals surface area contributed by atoms with E-state index in [1.807, 2.05) is 67.6 Å². The fourth-order valence-electron chi connectivity index (χ4n) is 2.57. The third-order valence-corrected chi connectivity index (χ3v) is 4.26. The molecule has 0 heterocycles. The van der Waals surface area contributed by atoms with Crippen molar-refractivity contribution in [3.05, 3.63) is 82.6 Å². The van der Waals surface area contributed by atoms with Crippen molar-refractivity contribution in [2.45, 2.75) is 13.3 Å². The normalized spacial score (nSPS) is 12.1. The predicted molar refractivity (Wildman–Crippen MR) is 117 cm³/mol. The molecule has 0 aliphatic rings. The molecule has 0 fully saturated rings. The molecule has 0 spiro atoms. The Morgan fingerprint density at radius 3 is 2.52 bits per heavy atom. The maximum absolute atomic E-state index is 12.0. The van der Waals surface area contributed by atoms with Crippen molar-refractivity contribution in [1.82, 2.24) is 0 Å². The van der Waals surface area contributed by atoms with E-state index in [-0.39, 0.29) is 0 Å². The second kappa shape index (κ2) is 11.7. The molecule has 0 saturated heterocycles. The topological polar surface area (TPSA) is 57.1 Å². The number of methoxy groups -OCH3 is 2. The summed E-state index contributed by atoms with van der Waals surface area (Å²) in [4.78, 5) is 17.5. The Labute approximate surface area is 176 Å². The number of hydrogen-bond donors (Lipinski definition) is 0. The molecule has 29 heavy (non-hydrogen) atoms. The van der Waals surface area contributed by atoms with Crippen LogP contribution in [-0.2, 0) is 25.5 Å². The van der Waals surface area contributed by atoms with Crippen LogP contribution in [-0.4, -0.2) is 32.5 Å². The van der Waals surface area contributed by atoms with E-state index in [9.17, 15) is 4.79 Å². The van der Waals surface area contributed by atoms with Crippen LogP contribution in [0, 0.1) is 0 Å². The number of carbonyl (C=O) groups is 1. The summed E-state index contributed by atoms with van der Waals surface area (Å²) in [6.45, 7) is 2.22. The summed E-state index contributed by atoms with van der Waals surface area (Å²) in [6, 6.07) is 15.1. The average molecular weight is 414 g/mol. The molecule has 0 aliphatic carbocycles. The lowest BCUT2D eigenvalue weighted by atomic mass is 9.98. The van der Waals surface area contributed by atoms with E-state index in [1.165, 1.54) is 20.5 Å². The number of esters is 1. The largest absolute Gasteiger partial charge is 0.503 e. The Morgan fingerprint density at radius 1 is 1.10 bits per heavy atom. The fraction of sp³-hybridized carbons (Fsp3) is 0.217. The lowest BCUT2D eigenvalue weighted by Crippen LogP contribution is -2.08. The molecule has 0 atom stereocenters. The summed E-state index contributed by atoms with van der Waals surface area (Å²) in [5, 5.41) is 4.81. The van der Waals surface area contributed by atoms with Crippen molar-refractivity contribution in [3.8, 4) is 0 Å². The quantitative estimate of drug-likeness (QED) is 0.142. The van der Waals surface area contributed by atoms with Crippen LogP contribution in [0.1, 0.15) is 23.6 Å². The average Bonchev–Trinajstić information content (AvgIpc) is 2.74. The van der Waals surface area contributed by atoms with Crippen molar-refractivity contribution in [3.63, 3.8) is 0 Å². The van der Waals surface area contributed by atoms with Gasteiger partial charge in [0.15, 0.2) is 0 Å². The van der Waals surface area contributed by atoms with Gasteiger partial charge < -0.3 is 14.3 Å². The highest BCUT2D eigenvalue weighted by molar-refractivity contribution is 6.30.